The first kappa shape index (κ1) is 25.2. The molecule has 1 aliphatic carbocycles. The number of carbonyl (C=O) groups is 2. The molecular weight excluding hydrogens is 460 g/mol. The molecule has 37 heavy (non-hydrogen) atoms. The van der Waals surface area contributed by atoms with E-state index in [1.165, 1.54) is 5.56 Å². The molecule has 1 aliphatic heterocycles. The van der Waals surface area contributed by atoms with Crippen LogP contribution in [0.3, 0.4) is 0 Å². The van der Waals surface area contributed by atoms with Crippen LogP contribution in [0.4, 0.5) is 5.69 Å². The number of hydrogen-bond acceptors (Lipinski definition) is 4. The lowest BCUT2D eigenvalue weighted by atomic mass is 9.89. The van der Waals surface area contributed by atoms with E-state index in [1.807, 2.05) is 48.5 Å². The number of nitrogens with one attached hydrogen (secondary N) is 1. The van der Waals surface area contributed by atoms with E-state index >= 15 is 0 Å². The largest absolute Gasteiger partial charge is 0.486 e. The van der Waals surface area contributed by atoms with Crippen LogP contribution < -0.4 is 10.1 Å². The van der Waals surface area contributed by atoms with Gasteiger partial charge in [-0.25, -0.2) is 0 Å². The Morgan fingerprint density at radius 3 is 2.41 bits per heavy atom. The number of amides is 1. The zero-order chi connectivity index (χ0) is 25.6. The molecule has 0 aromatic heterocycles. The van der Waals surface area contributed by atoms with Crippen LogP contribution >= 0.6 is 0 Å². The molecule has 3 aromatic rings. The van der Waals surface area contributed by atoms with Crippen molar-refractivity contribution >= 4 is 17.4 Å². The molecule has 1 heterocycles. The molecule has 0 bridgehead atoms. The lowest BCUT2D eigenvalue weighted by molar-refractivity contribution is -0.117. The van der Waals surface area contributed by atoms with Crippen molar-refractivity contribution in [2.45, 2.75) is 51.0 Å². The first-order valence-corrected chi connectivity index (χ1v) is 13.5. The zero-order valence-electron chi connectivity index (χ0n) is 21.6. The number of carbonyl (C=O) groups excluding carboxylic acids is 2. The maximum absolute atomic E-state index is 12.2. The van der Waals surface area contributed by atoms with Gasteiger partial charge in [-0.05, 0) is 87.0 Å². The number of piperidine rings is 1. The highest BCUT2D eigenvalue weighted by atomic mass is 16.5. The Hall–Kier alpha value is -3.44. The standard InChI is InChI=1S/C32H36N2O3/c1-23(35)27-9-6-12-30(22-27)37-31(25-7-3-2-4-8-25)17-20-34-18-15-24(16-19-34)28-10-5-11-29(21-28)33-32(36)26-13-14-26/h2-12,21-22,24,26,31H,13-20H2,1H3,(H,33,36)/t31-/m0/s1. The van der Waals surface area contributed by atoms with Crippen molar-refractivity contribution in [3.05, 3.63) is 95.6 Å². The Balaban J connectivity index is 1.17. The molecule has 5 heteroatoms. The molecule has 192 valence electrons. The number of benzene rings is 3. The fraction of sp³-hybridized carbons (Fsp3) is 0.375. The van der Waals surface area contributed by atoms with Gasteiger partial charge in [-0.2, -0.15) is 0 Å². The second-order valence-electron chi connectivity index (χ2n) is 10.4. The predicted molar refractivity (Wildman–Crippen MR) is 147 cm³/mol. The van der Waals surface area contributed by atoms with Gasteiger partial charge in [0, 0.05) is 30.1 Å². The molecule has 2 aliphatic rings. The van der Waals surface area contributed by atoms with Crippen LogP contribution in [0, 0.1) is 5.92 Å². The minimum Gasteiger partial charge on any atom is -0.486 e. The summed E-state index contributed by atoms with van der Waals surface area (Å²) in [6.07, 6.45) is 5.06. The minimum absolute atomic E-state index is 0.0420. The van der Waals surface area contributed by atoms with Gasteiger partial charge in [0.2, 0.25) is 5.91 Å². The van der Waals surface area contributed by atoms with Gasteiger partial charge >= 0.3 is 0 Å². The average Bonchev–Trinajstić information content (AvgIpc) is 3.78. The van der Waals surface area contributed by atoms with Crippen molar-refractivity contribution in [1.29, 1.82) is 0 Å². The van der Waals surface area contributed by atoms with Gasteiger partial charge in [-0.15, -0.1) is 0 Å². The van der Waals surface area contributed by atoms with Crippen LogP contribution in [-0.2, 0) is 4.79 Å². The predicted octanol–water partition coefficient (Wildman–Crippen LogP) is 6.63. The van der Waals surface area contributed by atoms with Crippen molar-refractivity contribution in [2.24, 2.45) is 5.92 Å². The van der Waals surface area contributed by atoms with Crippen LogP contribution in [-0.4, -0.2) is 36.2 Å². The number of Topliss-reactive ketones (excluding diaryl/α,β-unsaturated/α-hetero) is 1. The second kappa shape index (κ2) is 11.7. The highest BCUT2D eigenvalue weighted by Gasteiger charge is 2.29. The van der Waals surface area contributed by atoms with Crippen molar-refractivity contribution < 1.29 is 14.3 Å². The van der Waals surface area contributed by atoms with E-state index in [-0.39, 0.29) is 23.7 Å². The quantitative estimate of drug-likeness (QED) is 0.320. The summed E-state index contributed by atoms with van der Waals surface area (Å²) in [5, 5.41) is 3.09. The molecule has 0 unspecified atom stereocenters. The van der Waals surface area contributed by atoms with E-state index in [9.17, 15) is 9.59 Å². The molecule has 2 fully saturated rings. The van der Waals surface area contributed by atoms with Crippen molar-refractivity contribution in [3.63, 3.8) is 0 Å². The SMILES string of the molecule is CC(=O)c1cccc(O[C@@H](CCN2CCC(c3cccc(NC(=O)C4CC4)c3)CC2)c2ccccc2)c1. The molecule has 5 nitrogen and oxygen atoms in total. The number of nitrogens with zero attached hydrogens (tertiary/aromatic N) is 1. The molecule has 0 spiro atoms. The van der Waals surface area contributed by atoms with Gasteiger partial charge in [-0.3, -0.25) is 9.59 Å². The summed E-state index contributed by atoms with van der Waals surface area (Å²) in [6.45, 7) is 4.63. The lowest BCUT2D eigenvalue weighted by Gasteiger charge is -2.33. The normalized spacial score (nSPS) is 17.2. The summed E-state index contributed by atoms with van der Waals surface area (Å²) in [7, 11) is 0. The molecular formula is C32H36N2O3. The summed E-state index contributed by atoms with van der Waals surface area (Å²) >= 11 is 0. The van der Waals surface area contributed by atoms with Crippen LogP contribution in [0.25, 0.3) is 0 Å². The molecule has 1 saturated carbocycles. The van der Waals surface area contributed by atoms with Crippen LogP contribution in [0.2, 0.25) is 0 Å². The van der Waals surface area contributed by atoms with Crippen LogP contribution in [0.1, 0.15) is 72.5 Å². The van der Waals surface area contributed by atoms with Gasteiger partial charge in [0.05, 0.1) is 0 Å². The summed E-state index contributed by atoms with van der Waals surface area (Å²) in [5.74, 6) is 1.67. The zero-order valence-corrected chi connectivity index (χ0v) is 21.6. The van der Waals surface area contributed by atoms with E-state index in [1.54, 1.807) is 6.92 Å². The molecule has 1 amide bonds. The molecule has 5 rings (SSSR count). The van der Waals surface area contributed by atoms with Crippen LogP contribution in [0.15, 0.2) is 78.9 Å². The molecule has 3 aromatic carbocycles. The topological polar surface area (TPSA) is 58.6 Å². The number of ether oxygens (including phenoxy) is 1. The lowest BCUT2D eigenvalue weighted by Crippen LogP contribution is -2.34. The van der Waals surface area contributed by atoms with Crippen molar-refractivity contribution in [1.82, 2.24) is 4.90 Å². The Labute approximate surface area is 219 Å². The highest BCUT2D eigenvalue weighted by molar-refractivity contribution is 5.94. The van der Waals surface area contributed by atoms with E-state index in [0.717, 1.165) is 68.7 Å². The smallest absolute Gasteiger partial charge is 0.227 e. The summed E-state index contributed by atoms with van der Waals surface area (Å²) in [4.78, 5) is 26.5. The van der Waals surface area contributed by atoms with E-state index < -0.39 is 0 Å². The molecule has 0 radical (unpaired) electrons. The van der Waals surface area contributed by atoms with Gasteiger partial charge < -0.3 is 15.0 Å². The maximum Gasteiger partial charge on any atom is 0.227 e. The average molecular weight is 497 g/mol. The number of ketones is 1. The Kier molecular flexibility index (Phi) is 8.00. The fourth-order valence-electron chi connectivity index (χ4n) is 5.16. The molecule has 1 atom stereocenters. The molecule has 1 N–H and O–H groups in total. The van der Waals surface area contributed by atoms with Gasteiger partial charge in [0.25, 0.3) is 0 Å². The minimum atomic E-state index is -0.0760. The Morgan fingerprint density at radius 2 is 1.68 bits per heavy atom. The van der Waals surface area contributed by atoms with Crippen molar-refractivity contribution in [2.75, 3.05) is 25.0 Å². The summed E-state index contributed by atoms with van der Waals surface area (Å²) < 4.78 is 6.43. The summed E-state index contributed by atoms with van der Waals surface area (Å²) in [5.41, 5.74) is 4.07. The fourth-order valence-corrected chi connectivity index (χ4v) is 5.16. The summed E-state index contributed by atoms with van der Waals surface area (Å²) in [6, 6.07) is 26.2. The first-order chi connectivity index (χ1) is 18.0. The van der Waals surface area contributed by atoms with E-state index in [4.69, 9.17) is 4.74 Å². The van der Waals surface area contributed by atoms with Gasteiger partial charge in [0.1, 0.15) is 11.9 Å². The third kappa shape index (κ3) is 6.86. The Morgan fingerprint density at radius 1 is 0.919 bits per heavy atom. The monoisotopic (exact) mass is 496 g/mol. The van der Waals surface area contributed by atoms with Crippen LogP contribution in [0.5, 0.6) is 5.75 Å². The van der Waals surface area contributed by atoms with Gasteiger partial charge in [-0.1, -0.05) is 54.6 Å². The highest BCUT2D eigenvalue weighted by Crippen LogP contribution is 2.33. The number of rotatable bonds is 10. The second-order valence-corrected chi connectivity index (χ2v) is 10.4. The maximum atomic E-state index is 12.2. The van der Waals surface area contributed by atoms with E-state index in [0.29, 0.717) is 11.5 Å². The third-order valence-electron chi connectivity index (χ3n) is 7.56. The molecule has 1 saturated heterocycles. The van der Waals surface area contributed by atoms with Crippen molar-refractivity contribution in [3.8, 4) is 5.75 Å². The third-order valence-corrected chi connectivity index (χ3v) is 7.56. The number of anilines is 1. The van der Waals surface area contributed by atoms with Gasteiger partial charge in [0.15, 0.2) is 5.78 Å². The Bertz CT molecular complexity index is 1210. The first-order valence-electron chi connectivity index (χ1n) is 13.5. The van der Waals surface area contributed by atoms with E-state index in [2.05, 4.69) is 40.5 Å². The number of likely N-dealkylation sites (tertiary alicyclic amines) is 1. The number of hydrogen-bond donors (Lipinski definition) is 1.